The van der Waals surface area contributed by atoms with Gasteiger partial charge in [0.25, 0.3) is 0 Å². The molecule has 5 heteroatoms. The number of carbonyl (C=O) groups excluding carboxylic acids is 1. The average molecular weight is 278 g/mol. The summed E-state index contributed by atoms with van der Waals surface area (Å²) < 4.78 is 0. The molecule has 1 aromatic rings. The Morgan fingerprint density at radius 3 is 2.30 bits per heavy atom. The summed E-state index contributed by atoms with van der Waals surface area (Å²) in [5.41, 5.74) is 2.32. The number of carbonyl (C=O) groups is 2. The second-order valence-electron chi connectivity index (χ2n) is 5.09. The highest BCUT2D eigenvalue weighted by Crippen LogP contribution is 2.17. The molecule has 0 aromatic heterocycles. The Hall–Kier alpha value is -1.88. The van der Waals surface area contributed by atoms with Crippen LogP contribution in [-0.4, -0.2) is 42.5 Å². The molecule has 1 amide bonds. The second-order valence-corrected chi connectivity index (χ2v) is 5.09. The lowest BCUT2D eigenvalue weighted by Crippen LogP contribution is -2.34. The molecule has 0 spiro atoms. The number of nitrogens with one attached hydrogen (secondary N) is 1. The molecule has 0 saturated heterocycles. The summed E-state index contributed by atoms with van der Waals surface area (Å²) in [6, 6.07) is 8.24. The number of hydrogen-bond acceptors (Lipinski definition) is 3. The van der Waals surface area contributed by atoms with Crippen LogP contribution in [0.4, 0.5) is 0 Å². The molecule has 0 heterocycles. The number of benzene rings is 1. The van der Waals surface area contributed by atoms with Crippen LogP contribution in [0.15, 0.2) is 24.3 Å². The number of likely N-dealkylation sites (N-methyl/N-ethyl adjacent to an activating group) is 1. The van der Waals surface area contributed by atoms with Gasteiger partial charge in [-0.2, -0.15) is 0 Å². The fourth-order valence-corrected chi connectivity index (χ4v) is 1.91. The molecule has 0 aliphatic rings. The minimum absolute atomic E-state index is 0.0172. The Bertz CT molecular complexity index is 455. The maximum atomic E-state index is 11.6. The van der Waals surface area contributed by atoms with Crippen molar-refractivity contribution in [3.8, 4) is 0 Å². The molecule has 0 fully saturated rings. The SMILES string of the molecule is Cc1ccc([C@H](CNC(=O)CCC(=O)O)N(C)C)cc1. The molecule has 0 aliphatic heterocycles. The Balaban J connectivity index is 2.58. The lowest BCUT2D eigenvalue weighted by molar-refractivity contribution is -0.138. The van der Waals surface area contributed by atoms with Crippen molar-refractivity contribution in [3.63, 3.8) is 0 Å². The highest BCUT2D eigenvalue weighted by Gasteiger charge is 2.15. The molecule has 1 aromatic carbocycles. The summed E-state index contributed by atoms with van der Waals surface area (Å²) in [6.45, 7) is 2.50. The van der Waals surface area contributed by atoms with E-state index in [9.17, 15) is 9.59 Å². The van der Waals surface area contributed by atoms with Gasteiger partial charge in [-0.05, 0) is 26.6 Å². The molecule has 2 N–H and O–H groups in total. The van der Waals surface area contributed by atoms with Crippen molar-refractivity contribution in [2.45, 2.75) is 25.8 Å². The van der Waals surface area contributed by atoms with E-state index in [1.807, 2.05) is 50.2 Å². The van der Waals surface area contributed by atoms with E-state index in [-0.39, 0.29) is 24.8 Å². The van der Waals surface area contributed by atoms with Crippen LogP contribution in [0.1, 0.15) is 30.0 Å². The average Bonchev–Trinajstić information content (AvgIpc) is 2.38. The summed E-state index contributed by atoms with van der Waals surface area (Å²) in [6.07, 6.45) is -0.119. The highest BCUT2D eigenvalue weighted by atomic mass is 16.4. The van der Waals surface area contributed by atoms with Gasteiger partial charge in [0.05, 0.1) is 12.5 Å². The number of rotatable bonds is 7. The minimum atomic E-state index is -0.956. The van der Waals surface area contributed by atoms with Gasteiger partial charge >= 0.3 is 5.97 Å². The Labute approximate surface area is 119 Å². The molecule has 1 rings (SSSR count). The first-order valence-electron chi connectivity index (χ1n) is 6.61. The fraction of sp³-hybridized carbons (Fsp3) is 0.467. The molecule has 1 atom stereocenters. The molecule has 5 nitrogen and oxygen atoms in total. The maximum Gasteiger partial charge on any atom is 0.303 e. The molecular formula is C15H22N2O3. The van der Waals surface area contributed by atoms with Gasteiger partial charge in [0.2, 0.25) is 5.91 Å². The van der Waals surface area contributed by atoms with E-state index >= 15 is 0 Å². The van der Waals surface area contributed by atoms with E-state index in [1.54, 1.807) is 0 Å². The number of carboxylic acid groups (broad SMARTS) is 1. The van der Waals surface area contributed by atoms with Crippen molar-refractivity contribution in [2.24, 2.45) is 0 Å². The van der Waals surface area contributed by atoms with Gasteiger partial charge < -0.3 is 15.3 Å². The Morgan fingerprint density at radius 2 is 1.80 bits per heavy atom. The van der Waals surface area contributed by atoms with Gasteiger partial charge in [-0.1, -0.05) is 29.8 Å². The Kier molecular flexibility index (Phi) is 6.18. The van der Waals surface area contributed by atoms with Gasteiger partial charge in [-0.3, -0.25) is 9.59 Å². The maximum absolute atomic E-state index is 11.6. The monoisotopic (exact) mass is 278 g/mol. The molecule has 0 radical (unpaired) electrons. The van der Waals surface area contributed by atoms with Gasteiger partial charge in [-0.15, -0.1) is 0 Å². The lowest BCUT2D eigenvalue weighted by Gasteiger charge is -2.25. The molecule has 0 aliphatic carbocycles. The van der Waals surface area contributed by atoms with E-state index in [1.165, 1.54) is 5.56 Å². The van der Waals surface area contributed by atoms with Gasteiger partial charge in [0.15, 0.2) is 0 Å². The first-order valence-corrected chi connectivity index (χ1v) is 6.61. The number of aryl methyl sites for hydroxylation is 1. The first kappa shape index (κ1) is 16.2. The zero-order chi connectivity index (χ0) is 15.1. The van der Waals surface area contributed by atoms with Crippen LogP contribution in [0.2, 0.25) is 0 Å². The summed E-state index contributed by atoms with van der Waals surface area (Å²) in [5.74, 6) is -1.19. The predicted molar refractivity (Wildman–Crippen MR) is 77.5 cm³/mol. The largest absolute Gasteiger partial charge is 0.481 e. The number of nitrogens with zero attached hydrogens (tertiary/aromatic N) is 1. The van der Waals surface area contributed by atoms with E-state index in [2.05, 4.69) is 5.32 Å². The normalized spacial score (nSPS) is 12.2. The van der Waals surface area contributed by atoms with Crippen LogP contribution in [-0.2, 0) is 9.59 Å². The topological polar surface area (TPSA) is 69.6 Å². The number of amides is 1. The summed E-state index contributed by atoms with van der Waals surface area (Å²) >= 11 is 0. The zero-order valence-corrected chi connectivity index (χ0v) is 12.2. The summed E-state index contributed by atoms with van der Waals surface area (Å²) in [5, 5.41) is 11.3. The zero-order valence-electron chi connectivity index (χ0n) is 12.2. The van der Waals surface area contributed by atoms with Crippen LogP contribution < -0.4 is 5.32 Å². The smallest absolute Gasteiger partial charge is 0.303 e. The number of hydrogen-bond donors (Lipinski definition) is 2. The predicted octanol–water partition coefficient (Wildman–Crippen LogP) is 1.58. The molecule has 0 unspecified atom stereocenters. The molecule has 0 bridgehead atoms. The van der Waals surface area contributed by atoms with Crippen LogP contribution in [0.3, 0.4) is 0 Å². The quantitative estimate of drug-likeness (QED) is 0.794. The van der Waals surface area contributed by atoms with Gasteiger partial charge in [-0.25, -0.2) is 0 Å². The van der Waals surface area contributed by atoms with Crippen LogP contribution >= 0.6 is 0 Å². The molecular weight excluding hydrogens is 256 g/mol. The van der Waals surface area contributed by atoms with Crippen LogP contribution in [0.5, 0.6) is 0 Å². The highest BCUT2D eigenvalue weighted by molar-refractivity contribution is 5.80. The number of carboxylic acids is 1. The summed E-state index contributed by atoms with van der Waals surface area (Å²) in [4.78, 5) is 24.0. The molecule has 110 valence electrons. The van der Waals surface area contributed by atoms with Crippen molar-refractivity contribution in [1.82, 2.24) is 10.2 Å². The third-order valence-electron chi connectivity index (χ3n) is 3.14. The standard InChI is InChI=1S/C15H22N2O3/c1-11-4-6-12(7-5-11)13(17(2)3)10-16-14(18)8-9-15(19)20/h4-7,13H,8-10H2,1-3H3,(H,16,18)(H,19,20)/t13-/m0/s1. The van der Waals surface area contributed by atoms with Crippen LogP contribution in [0, 0.1) is 6.92 Å². The molecule has 0 saturated carbocycles. The second kappa shape index (κ2) is 7.65. The van der Waals surface area contributed by atoms with Gasteiger partial charge in [0.1, 0.15) is 0 Å². The van der Waals surface area contributed by atoms with Crippen molar-refractivity contribution < 1.29 is 14.7 Å². The third kappa shape index (κ3) is 5.40. The van der Waals surface area contributed by atoms with E-state index in [0.29, 0.717) is 6.54 Å². The summed E-state index contributed by atoms with van der Waals surface area (Å²) in [7, 11) is 3.90. The van der Waals surface area contributed by atoms with Gasteiger partial charge in [0, 0.05) is 13.0 Å². The van der Waals surface area contributed by atoms with Crippen LogP contribution in [0.25, 0.3) is 0 Å². The van der Waals surface area contributed by atoms with E-state index < -0.39 is 5.97 Å². The first-order chi connectivity index (χ1) is 9.40. The lowest BCUT2D eigenvalue weighted by atomic mass is 10.0. The third-order valence-corrected chi connectivity index (χ3v) is 3.14. The number of aliphatic carboxylic acids is 1. The van der Waals surface area contributed by atoms with Crippen molar-refractivity contribution >= 4 is 11.9 Å². The van der Waals surface area contributed by atoms with E-state index in [0.717, 1.165) is 5.56 Å². The molecule has 20 heavy (non-hydrogen) atoms. The van der Waals surface area contributed by atoms with Crippen molar-refractivity contribution in [2.75, 3.05) is 20.6 Å². The van der Waals surface area contributed by atoms with Crippen molar-refractivity contribution in [3.05, 3.63) is 35.4 Å². The van der Waals surface area contributed by atoms with Crippen molar-refractivity contribution in [1.29, 1.82) is 0 Å². The van der Waals surface area contributed by atoms with E-state index in [4.69, 9.17) is 5.11 Å². The fourth-order valence-electron chi connectivity index (χ4n) is 1.91. The Morgan fingerprint density at radius 1 is 1.20 bits per heavy atom. The minimum Gasteiger partial charge on any atom is -0.481 e.